The van der Waals surface area contributed by atoms with E-state index in [4.69, 9.17) is 11.6 Å². The molecule has 0 aliphatic rings. The van der Waals surface area contributed by atoms with Crippen molar-refractivity contribution in [1.29, 1.82) is 0 Å². The maximum Gasteiger partial charge on any atom is 0.135 e. The molecule has 6 heteroatoms. The zero-order chi connectivity index (χ0) is 14.7. The van der Waals surface area contributed by atoms with E-state index in [9.17, 15) is 0 Å². The topological polar surface area (TPSA) is 62.7 Å². The minimum atomic E-state index is 0.680. The van der Waals surface area contributed by atoms with Gasteiger partial charge in [0.15, 0.2) is 0 Å². The van der Waals surface area contributed by atoms with Gasteiger partial charge in [-0.2, -0.15) is 0 Å². The van der Waals surface area contributed by atoms with E-state index in [1.54, 1.807) is 6.20 Å². The summed E-state index contributed by atoms with van der Waals surface area (Å²) in [6, 6.07) is 9.41. The molecule has 0 saturated heterocycles. The normalized spacial score (nSPS) is 10.6. The van der Waals surface area contributed by atoms with Crippen molar-refractivity contribution in [2.45, 2.75) is 6.92 Å². The average Bonchev–Trinajstić information content (AvgIpc) is 2.51. The van der Waals surface area contributed by atoms with Gasteiger partial charge in [-0.15, -0.1) is 0 Å². The molecular formula is C15H14ClN5. The molecular weight excluding hydrogens is 286 g/mol. The van der Waals surface area contributed by atoms with E-state index in [0.717, 1.165) is 29.0 Å². The van der Waals surface area contributed by atoms with Gasteiger partial charge in [0.25, 0.3) is 0 Å². The second-order valence-electron chi connectivity index (χ2n) is 4.44. The van der Waals surface area contributed by atoms with Crippen LogP contribution in [0.1, 0.15) is 6.92 Å². The number of fused-ring (bicyclic) bond motifs is 1. The lowest BCUT2D eigenvalue weighted by Gasteiger charge is -2.10. The molecule has 2 heterocycles. The van der Waals surface area contributed by atoms with Crippen LogP contribution >= 0.6 is 11.6 Å². The van der Waals surface area contributed by atoms with Crippen LogP contribution in [0.25, 0.3) is 10.9 Å². The summed E-state index contributed by atoms with van der Waals surface area (Å²) >= 11 is 6.20. The van der Waals surface area contributed by atoms with Crippen molar-refractivity contribution < 1.29 is 0 Å². The predicted octanol–water partition coefficient (Wildman–Crippen LogP) is 3.85. The van der Waals surface area contributed by atoms with Crippen molar-refractivity contribution in [2.75, 3.05) is 17.2 Å². The van der Waals surface area contributed by atoms with Crippen LogP contribution in [-0.4, -0.2) is 21.5 Å². The Bertz CT molecular complexity index is 775. The smallest absolute Gasteiger partial charge is 0.135 e. The minimum absolute atomic E-state index is 0.680. The number of hydrogen-bond donors (Lipinski definition) is 2. The molecule has 0 aliphatic heterocycles. The molecule has 0 spiro atoms. The first-order valence-electron chi connectivity index (χ1n) is 6.64. The number of anilines is 3. The summed E-state index contributed by atoms with van der Waals surface area (Å²) in [5.41, 5.74) is 1.67. The van der Waals surface area contributed by atoms with E-state index < -0.39 is 0 Å². The summed E-state index contributed by atoms with van der Waals surface area (Å²) in [7, 11) is 0. The molecule has 1 aromatic carbocycles. The number of halogens is 1. The van der Waals surface area contributed by atoms with Crippen molar-refractivity contribution >= 4 is 39.8 Å². The number of nitrogens with one attached hydrogen (secondary N) is 2. The quantitative estimate of drug-likeness (QED) is 0.766. The number of aromatic nitrogens is 3. The molecule has 3 aromatic rings. The van der Waals surface area contributed by atoms with Crippen LogP contribution in [0.5, 0.6) is 0 Å². The summed E-state index contributed by atoms with van der Waals surface area (Å²) in [6.45, 7) is 2.83. The summed E-state index contributed by atoms with van der Waals surface area (Å²) in [5.74, 6) is 1.48. The molecule has 5 nitrogen and oxygen atoms in total. The van der Waals surface area contributed by atoms with Gasteiger partial charge in [0, 0.05) is 24.2 Å². The highest BCUT2D eigenvalue weighted by atomic mass is 35.5. The van der Waals surface area contributed by atoms with Gasteiger partial charge in [-0.1, -0.05) is 11.6 Å². The van der Waals surface area contributed by atoms with Crippen LogP contribution in [0.2, 0.25) is 5.02 Å². The molecule has 21 heavy (non-hydrogen) atoms. The molecule has 106 valence electrons. The third kappa shape index (κ3) is 2.87. The highest BCUT2D eigenvalue weighted by Gasteiger charge is 2.07. The molecule has 2 aromatic heterocycles. The van der Waals surface area contributed by atoms with Crippen LogP contribution in [0.15, 0.2) is 42.9 Å². The standard InChI is InChI=1S/C15H14ClN5/c1-2-17-13-8-14(20-9-19-13)21-12-6-5-11(16)10-4-3-7-18-15(10)12/h3-9H,2H2,1H3,(H2,17,19,20,21). The average molecular weight is 300 g/mol. The maximum atomic E-state index is 6.20. The Kier molecular flexibility index (Phi) is 3.83. The van der Waals surface area contributed by atoms with Crippen LogP contribution < -0.4 is 10.6 Å². The van der Waals surface area contributed by atoms with Gasteiger partial charge >= 0.3 is 0 Å². The van der Waals surface area contributed by atoms with Crippen molar-refractivity contribution in [3.63, 3.8) is 0 Å². The van der Waals surface area contributed by atoms with E-state index >= 15 is 0 Å². The third-order valence-corrected chi connectivity index (χ3v) is 3.33. The van der Waals surface area contributed by atoms with E-state index in [2.05, 4.69) is 25.6 Å². The Hall–Kier alpha value is -2.40. The van der Waals surface area contributed by atoms with Gasteiger partial charge in [0.1, 0.15) is 18.0 Å². The molecule has 0 bridgehead atoms. The first kappa shape index (κ1) is 13.6. The van der Waals surface area contributed by atoms with Gasteiger partial charge in [0.05, 0.1) is 16.2 Å². The fourth-order valence-corrected chi connectivity index (χ4v) is 2.30. The molecule has 0 atom stereocenters. The second-order valence-corrected chi connectivity index (χ2v) is 4.85. The second kappa shape index (κ2) is 5.93. The number of rotatable bonds is 4. The monoisotopic (exact) mass is 299 g/mol. The van der Waals surface area contributed by atoms with Crippen LogP contribution in [0, 0.1) is 0 Å². The van der Waals surface area contributed by atoms with E-state index in [0.29, 0.717) is 10.8 Å². The van der Waals surface area contributed by atoms with E-state index in [1.165, 1.54) is 6.33 Å². The Balaban J connectivity index is 1.98. The first-order chi connectivity index (χ1) is 10.3. The number of nitrogens with zero attached hydrogens (tertiary/aromatic N) is 3. The number of benzene rings is 1. The summed E-state index contributed by atoms with van der Waals surface area (Å²) in [5, 5.41) is 8.00. The van der Waals surface area contributed by atoms with Crippen LogP contribution in [0.4, 0.5) is 17.3 Å². The van der Waals surface area contributed by atoms with Gasteiger partial charge in [-0.3, -0.25) is 4.98 Å². The molecule has 2 N–H and O–H groups in total. The first-order valence-corrected chi connectivity index (χ1v) is 7.02. The lowest BCUT2D eigenvalue weighted by Crippen LogP contribution is -2.02. The van der Waals surface area contributed by atoms with Gasteiger partial charge < -0.3 is 10.6 Å². The molecule has 0 saturated carbocycles. The fourth-order valence-electron chi connectivity index (χ4n) is 2.08. The molecule has 0 amide bonds. The zero-order valence-electron chi connectivity index (χ0n) is 11.5. The van der Waals surface area contributed by atoms with Crippen LogP contribution in [-0.2, 0) is 0 Å². The number of pyridine rings is 1. The summed E-state index contributed by atoms with van der Waals surface area (Å²) in [6.07, 6.45) is 3.26. The minimum Gasteiger partial charge on any atom is -0.370 e. The summed E-state index contributed by atoms with van der Waals surface area (Å²) < 4.78 is 0. The van der Waals surface area contributed by atoms with Crippen molar-refractivity contribution in [1.82, 2.24) is 15.0 Å². The largest absolute Gasteiger partial charge is 0.370 e. The van der Waals surface area contributed by atoms with Gasteiger partial charge in [-0.25, -0.2) is 9.97 Å². The highest BCUT2D eigenvalue weighted by Crippen LogP contribution is 2.29. The van der Waals surface area contributed by atoms with Crippen molar-refractivity contribution in [3.05, 3.63) is 47.9 Å². The lowest BCUT2D eigenvalue weighted by molar-refractivity contribution is 1.11. The van der Waals surface area contributed by atoms with Gasteiger partial charge in [-0.05, 0) is 31.2 Å². The highest BCUT2D eigenvalue weighted by molar-refractivity contribution is 6.35. The Morgan fingerprint density at radius 1 is 1.10 bits per heavy atom. The van der Waals surface area contributed by atoms with Gasteiger partial charge in [0.2, 0.25) is 0 Å². The lowest BCUT2D eigenvalue weighted by atomic mass is 10.2. The summed E-state index contributed by atoms with van der Waals surface area (Å²) in [4.78, 5) is 12.8. The zero-order valence-corrected chi connectivity index (χ0v) is 12.2. The third-order valence-electron chi connectivity index (χ3n) is 3.00. The Morgan fingerprint density at radius 2 is 1.95 bits per heavy atom. The Morgan fingerprint density at radius 3 is 2.81 bits per heavy atom. The van der Waals surface area contributed by atoms with Crippen LogP contribution in [0.3, 0.4) is 0 Å². The predicted molar refractivity (Wildman–Crippen MR) is 86.2 cm³/mol. The molecule has 0 fully saturated rings. The van der Waals surface area contributed by atoms with E-state index in [-0.39, 0.29) is 0 Å². The van der Waals surface area contributed by atoms with Crippen molar-refractivity contribution in [3.8, 4) is 0 Å². The Labute approximate surface area is 127 Å². The molecule has 0 radical (unpaired) electrons. The number of hydrogen-bond acceptors (Lipinski definition) is 5. The SMILES string of the molecule is CCNc1cc(Nc2ccc(Cl)c3cccnc23)ncn1. The fraction of sp³-hybridized carbons (Fsp3) is 0.133. The maximum absolute atomic E-state index is 6.20. The molecule has 0 aliphatic carbocycles. The molecule has 3 rings (SSSR count). The van der Waals surface area contributed by atoms with E-state index in [1.807, 2.05) is 37.3 Å². The van der Waals surface area contributed by atoms with Crippen molar-refractivity contribution in [2.24, 2.45) is 0 Å². The molecule has 0 unspecified atom stereocenters.